The Morgan fingerprint density at radius 1 is 1.50 bits per heavy atom. The van der Waals surface area contributed by atoms with E-state index >= 15 is 0 Å². The van der Waals surface area contributed by atoms with Gasteiger partial charge in [-0.15, -0.1) is 0 Å². The van der Waals surface area contributed by atoms with Crippen molar-refractivity contribution in [2.24, 2.45) is 11.7 Å². The fourth-order valence-corrected chi connectivity index (χ4v) is 1.92. The van der Waals surface area contributed by atoms with E-state index in [4.69, 9.17) is 10.3 Å². The molecule has 0 unspecified atom stereocenters. The molecule has 78 valence electrons. The van der Waals surface area contributed by atoms with Crippen molar-refractivity contribution in [1.29, 1.82) is 0 Å². The summed E-state index contributed by atoms with van der Waals surface area (Å²) in [6.45, 7) is 3.97. The minimum atomic E-state index is 0.723. The van der Waals surface area contributed by atoms with Gasteiger partial charge in [-0.25, -0.2) is 0 Å². The lowest BCUT2D eigenvalue weighted by Gasteiger charge is -2.30. The minimum Gasteiger partial charge on any atom is -0.360 e. The molecule has 1 saturated heterocycles. The second kappa shape index (κ2) is 4.57. The molecule has 2 N–H and O–H groups in total. The van der Waals surface area contributed by atoms with E-state index in [9.17, 15) is 0 Å². The van der Waals surface area contributed by atoms with Crippen molar-refractivity contribution in [3.63, 3.8) is 0 Å². The van der Waals surface area contributed by atoms with Gasteiger partial charge in [-0.1, -0.05) is 5.16 Å². The van der Waals surface area contributed by atoms with E-state index < -0.39 is 0 Å². The molecule has 0 aliphatic carbocycles. The van der Waals surface area contributed by atoms with Crippen molar-refractivity contribution >= 4 is 0 Å². The number of piperidine rings is 1. The fraction of sp³-hybridized carbons (Fsp3) is 0.700. The number of rotatable bonds is 3. The Balaban J connectivity index is 1.79. The molecule has 0 aromatic carbocycles. The van der Waals surface area contributed by atoms with E-state index in [0.29, 0.717) is 0 Å². The van der Waals surface area contributed by atoms with Crippen LogP contribution < -0.4 is 5.73 Å². The van der Waals surface area contributed by atoms with Gasteiger partial charge in [0.15, 0.2) is 5.76 Å². The van der Waals surface area contributed by atoms with Crippen molar-refractivity contribution in [3.05, 3.63) is 18.0 Å². The lowest BCUT2D eigenvalue weighted by molar-refractivity contribution is 0.164. The number of nitrogens with two attached hydrogens (primary N) is 1. The molecule has 14 heavy (non-hydrogen) atoms. The molecule has 0 spiro atoms. The quantitative estimate of drug-likeness (QED) is 0.776. The number of hydrogen-bond acceptors (Lipinski definition) is 4. The van der Waals surface area contributed by atoms with Crippen LogP contribution in [0.4, 0.5) is 0 Å². The van der Waals surface area contributed by atoms with Crippen LogP contribution in [0.2, 0.25) is 0 Å². The topological polar surface area (TPSA) is 55.3 Å². The molecule has 0 amide bonds. The maximum atomic E-state index is 5.64. The zero-order chi connectivity index (χ0) is 9.80. The molecule has 1 aromatic heterocycles. The normalized spacial score (nSPS) is 20.1. The highest BCUT2D eigenvalue weighted by Crippen LogP contribution is 2.17. The van der Waals surface area contributed by atoms with E-state index in [0.717, 1.165) is 37.9 Å². The van der Waals surface area contributed by atoms with Crippen LogP contribution in [0.15, 0.2) is 16.8 Å². The van der Waals surface area contributed by atoms with Gasteiger partial charge in [0.05, 0.1) is 12.7 Å². The number of nitrogens with zero attached hydrogens (tertiary/aromatic N) is 2. The Morgan fingerprint density at radius 3 is 2.86 bits per heavy atom. The SMILES string of the molecule is NCC1CCN(Cc2ccno2)CC1. The summed E-state index contributed by atoms with van der Waals surface area (Å²) < 4.78 is 5.07. The summed E-state index contributed by atoms with van der Waals surface area (Å²) in [5.74, 6) is 1.68. The fourth-order valence-electron chi connectivity index (χ4n) is 1.92. The van der Waals surface area contributed by atoms with Crippen LogP contribution >= 0.6 is 0 Å². The van der Waals surface area contributed by atoms with Crippen molar-refractivity contribution in [2.75, 3.05) is 19.6 Å². The Morgan fingerprint density at radius 2 is 2.29 bits per heavy atom. The lowest BCUT2D eigenvalue weighted by Crippen LogP contribution is -2.35. The predicted octanol–water partition coefficient (Wildman–Crippen LogP) is 0.845. The first kappa shape index (κ1) is 9.68. The van der Waals surface area contributed by atoms with Crippen LogP contribution in [0.25, 0.3) is 0 Å². The zero-order valence-corrected chi connectivity index (χ0v) is 8.35. The second-order valence-corrected chi connectivity index (χ2v) is 3.93. The number of likely N-dealkylation sites (tertiary alicyclic amines) is 1. The molecular weight excluding hydrogens is 178 g/mol. The van der Waals surface area contributed by atoms with Crippen molar-refractivity contribution in [1.82, 2.24) is 10.1 Å². The van der Waals surface area contributed by atoms with Gasteiger partial charge in [0.2, 0.25) is 0 Å². The van der Waals surface area contributed by atoms with Crippen LogP contribution in [0.5, 0.6) is 0 Å². The van der Waals surface area contributed by atoms with Gasteiger partial charge in [0.1, 0.15) is 0 Å². The molecule has 4 nitrogen and oxygen atoms in total. The van der Waals surface area contributed by atoms with E-state index in [1.807, 2.05) is 6.07 Å². The highest BCUT2D eigenvalue weighted by Gasteiger charge is 2.18. The van der Waals surface area contributed by atoms with E-state index in [1.54, 1.807) is 6.20 Å². The van der Waals surface area contributed by atoms with Crippen LogP contribution in [0, 0.1) is 5.92 Å². The molecule has 0 atom stereocenters. The lowest BCUT2D eigenvalue weighted by atomic mass is 9.97. The second-order valence-electron chi connectivity index (χ2n) is 3.93. The minimum absolute atomic E-state index is 0.723. The van der Waals surface area contributed by atoms with Crippen molar-refractivity contribution < 1.29 is 4.52 Å². The molecule has 0 radical (unpaired) electrons. The Kier molecular flexibility index (Phi) is 3.16. The monoisotopic (exact) mass is 195 g/mol. The van der Waals surface area contributed by atoms with Crippen molar-refractivity contribution in [3.8, 4) is 0 Å². The summed E-state index contributed by atoms with van der Waals surface area (Å²) >= 11 is 0. The Labute approximate surface area is 84.0 Å². The van der Waals surface area contributed by atoms with Gasteiger partial charge >= 0.3 is 0 Å². The molecule has 4 heteroatoms. The largest absolute Gasteiger partial charge is 0.360 e. The molecule has 1 aliphatic heterocycles. The van der Waals surface area contributed by atoms with Crippen LogP contribution in [0.1, 0.15) is 18.6 Å². The summed E-state index contributed by atoms with van der Waals surface area (Å²) in [6.07, 6.45) is 4.12. The van der Waals surface area contributed by atoms with E-state index in [1.165, 1.54) is 12.8 Å². The summed E-state index contributed by atoms with van der Waals surface area (Å²) in [5.41, 5.74) is 5.64. The van der Waals surface area contributed by atoms with Gasteiger partial charge < -0.3 is 10.3 Å². The molecular formula is C10H17N3O. The Hall–Kier alpha value is -0.870. The van der Waals surface area contributed by atoms with Crippen LogP contribution in [-0.4, -0.2) is 29.7 Å². The molecule has 0 saturated carbocycles. The summed E-state index contributed by atoms with van der Waals surface area (Å²) in [4.78, 5) is 2.40. The molecule has 1 aliphatic rings. The van der Waals surface area contributed by atoms with E-state index in [-0.39, 0.29) is 0 Å². The average Bonchev–Trinajstić information content (AvgIpc) is 2.72. The highest BCUT2D eigenvalue weighted by atomic mass is 16.5. The first-order valence-electron chi connectivity index (χ1n) is 5.20. The van der Waals surface area contributed by atoms with E-state index in [2.05, 4.69) is 10.1 Å². The summed E-state index contributed by atoms with van der Waals surface area (Å²) in [6, 6.07) is 1.93. The van der Waals surface area contributed by atoms with Gasteiger partial charge in [-0.3, -0.25) is 4.90 Å². The third-order valence-electron chi connectivity index (χ3n) is 2.91. The smallest absolute Gasteiger partial charge is 0.150 e. The average molecular weight is 195 g/mol. The molecule has 1 aromatic rings. The molecule has 2 heterocycles. The van der Waals surface area contributed by atoms with Crippen molar-refractivity contribution in [2.45, 2.75) is 19.4 Å². The van der Waals surface area contributed by atoms with Gasteiger partial charge in [0, 0.05) is 6.07 Å². The maximum absolute atomic E-state index is 5.64. The molecule has 2 rings (SSSR count). The third-order valence-corrected chi connectivity index (χ3v) is 2.91. The maximum Gasteiger partial charge on any atom is 0.150 e. The van der Waals surface area contributed by atoms with Crippen LogP contribution in [-0.2, 0) is 6.54 Å². The van der Waals surface area contributed by atoms with Gasteiger partial charge in [0.25, 0.3) is 0 Å². The number of aromatic nitrogens is 1. The van der Waals surface area contributed by atoms with Crippen LogP contribution in [0.3, 0.4) is 0 Å². The zero-order valence-electron chi connectivity index (χ0n) is 8.35. The molecule has 1 fully saturated rings. The Bertz CT molecular complexity index is 252. The first-order chi connectivity index (χ1) is 6.88. The predicted molar refractivity (Wildman–Crippen MR) is 53.6 cm³/mol. The molecule has 0 bridgehead atoms. The summed E-state index contributed by atoms with van der Waals surface area (Å²) in [5, 5.41) is 3.70. The number of hydrogen-bond donors (Lipinski definition) is 1. The van der Waals surface area contributed by atoms with Gasteiger partial charge in [-0.2, -0.15) is 0 Å². The highest BCUT2D eigenvalue weighted by molar-refractivity contribution is 4.93. The summed E-state index contributed by atoms with van der Waals surface area (Å²) in [7, 11) is 0. The van der Waals surface area contributed by atoms with Gasteiger partial charge in [-0.05, 0) is 38.4 Å². The standard InChI is InChI=1S/C10H17N3O/c11-7-9-2-5-13(6-3-9)8-10-1-4-12-14-10/h1,4,9H,2-3,5-8,11H2. The third kappa shape index (κ3) is 2.33. The first-order valence-corrected chi connectivity index (χ1v) is 5.20.